The molecule has 0 aromatic heterocycles. The summed E-state index contributed by atoms with van der Waals surface area (Å²) in [5, 5.41) is 17.4. The molecular formula is C22H26O5S2. The van der Waals surface area contributed by atoms with Gasteiger partial charge in [-0.1, -0.05) is 66.6 Å². The van der Waals surface area contributed by atoms with Gasteiger partial charge in [-0.2, -0.15) is 0 Å². The smallest absolute Gasteiger partial charge is 0.317 e. The lowest BCUT2D eigenvalue weighted by Crippen LogP contribution is -2.32. The van der Waals surface area contributed by atoms with Gasteiger partial charge in [0.15, 0.2) is 5.78 Å². The Labute approximate surface area is 178 Å². The van der Waals surface area contributed by atoms with Crippen molar-refractivity contribution in [2.45, 2.75) is 45.3 Å². The second kappa shape index (κ2) is 8.19. The number of allylic oxidation sites excluding steroid dienone is 1. The minimum absolute atomic E-state index is 0.0184. The number of carbonyl (C=O) groups is 3. The minimum Gasteiger partial charge on any atom is -0.481 e. The van der Waals surface area contributed by atoms with E-state index in [-0.39, 0.29) is 22.4 Å². The Kier molecular flexibility index (Phi) is 6.20. The van der Waals surface area contributed by atoms with Crippen molar-refractivity contribution in [1.82, 2.24) is 0 Å². The van der Waals surface area contributed by atoms with Gasteiger partial charge in [0.2, 0.25) is 0 Å². The average molecular weight is 435 g/mol. The van der Waals surface area contributed by atoms with Gasteiger partial charge in [0.05, 0.1) is 0 Å². The summed E-state index contributed by atoms with van der Waals surface area (Å²) in [7, 11) is 2.11. The van der Waals surface area contributed by atoms with E-state index >= 15 is 0 Å². The van der Waals surface area contributed by atoms with Gasteiger partial charge in [-0.25, -0.2) is 0 Å². The molecule has 0 heterocycles. The highest BCUT2D eigenvalue weighted by Crippen LogP contribution is 2.65. The fraction of sp³-hybridized carbons (Fsp3) is 0.500. The van der Waals surface area contributed by atoms with Crippen LogP contribution in [0.15, 0.2) is 29.8 Å². The van der Waals surface area contributed by atoms with Crippen LogP contribution >= 0.6 is 21.6 Å². The number of ketones is 1. The number of carbonyl (C=O) groups excluding carboxylic acids is 1. The first-order valence-corrected chi connectivity index (χ1v) is 12.0. The monoisotopic (exact) mass is 434 g/mol. The molecule has 29 heavy (non-hydrogen) atoms. The van der Waals surface area contributed by atoms with Crippen LogP contribution in [0.1, 0.15) is 44.7 Å². The zero-order valence-corrected chi connectivity index (χ0v) is 18.4. The van der Waals surface area contributed by atoms with Crippen LogP contribution in [-0.4, -0.2) is 38.9 Å². The number of aliphatic carboxylic acids is 2. The molecule has 0 aliphatic heterocycles. The summed E-state index contributed by atoms with van der Waals surface area (Å²) >= 11 is 0. The maximum absolute atomic E-state index is 13.0. The highest BCUT2D eigenvalue weighted by molar-refractivity contribution is 8.77. The van der Waals surface area contributed by atoms with Crippen LogP contribution in [0.4, 0.5) is 0 Å². The van der Waals surface area contributed by atoms with Crippen molar-refractivity contribution in [2.75, 3.05) is 5.75 Å². The molecule has 3 atom stereocenters. The molecule has 2 aliphatic rings. The summed E-state index contributed by atoms with van der Waals surface area (Å²) in [6.07, 6.45) is 4.31. The lowest BCUT2D eigenvalue weighted by atomic mass is 9.70. The Morgan fingerprint density at radius 1 is 1.21 bits per heavy atom. The number of carboxylic acid groups (broad SMARTS) is 2. The molecule has 2 N–H and O–H groups in total. The SMILES string of the molecule is CC12CCC(C(=Cc3ccc(CC(SSCC(=O)O)C(=O)O)cc3)C1=O)C2(C)C. The number of rotatable bonds is 8. The summed E-state index contributed by atoms with van der Waals surface area (Å²) in [6.45, 7) is 6.47. The standard InChI is InChI=1S/C22H26O5S2/c1-21(2)16-8-9-22(21,3)19(25)15(16)10-13-4-6-14(7-5-13)11-17(20(26)27)29-28-12-18(23)24/h4-7,10,16-17H,8-9,11-12H2,1-3H3,(H,23,24)(H,26,27). The number of hydrogen-bond acceptors (Lipinski definition) is 5. The van der Waals surface area contributed by atoms with E-state index in [4.69, 9.17) is 5.11 Å². The van der Waals surface area contributed by atoms with Crippen LogP contribution < -0.4 is 0 Å². The molecule has 1 aromatic carbocycles. The van der Waals surface area contributed by atoms with E-state index in [1.165, 1.54) is 0 Å². The van der Waals surface area contributed by atoms with Crippen molar-refractivity contribution >= 4 is 45.4 Å². The Morgan fingerprint density at radius 2 is 1.86 bits per heavy atom. The maximum Gasteiger partial charge on any atom is 0.317 e. The van der Waals surface area contributed by atoms with Crippen molar-refractivity contribution in [1.29, 1.82) is 0 Å². The predicted octanol–water partition coefficient (Wildman–Crippen LogP) is 4.56. The molecule has 2 aliphatic carbocycles. The van der Waals surface area contributed by atoms with Gasteiger partial charge in [0.1, 0.15) is 11.0 Å². The van der Waals surface area contributed by atoms with Crippen LogP contribution in [0.2, 0.25) is 0 Å². The van der Waals surface area contributed by atoms with E-state index in [9.17, 15) is 19.5 Å². The molecular weight excluding hydrogens is 408 g/mol. The second-order valence-electron chi connectivity index (χ2n) is 8.60. The molecule has 0 radical (unpaired) electrons. The van der Waals surface area contributed by atoms with Gasteiger partial charge >= 0.3 is 11.9 Å². The van der Waals surface area contributed by atoms with E-state index in [0.29, 0.717) is 12.3 Å². The van der Waals surface area contributed by atoms with E-state index < -0.39 is 17.2 Å². The lowest BCUT2D eigenvalue weighted by Gasteiger charge is -2.31. The van der Waals surface area contributed by atoms with Gasteiger partial charge in [-0.05, 0) is 53.4 Å². The van der Waals surface area contributed by atoms with Crippen molar-refractivity contribution in [3.63, 3.8) is 0 Å². The summed E-state index contributed by atoms with van der Waals surface area (Å²) in [5.74, 6) is -1.50. The van der Waals surface area contributed by atoms with E-state index in [1.807, 2.05) is 30.3 Å². The van der Waals surface area contributed by atoms with Gasteiger partial charge in [0, 0.05) is 5.41 Å². The average Bonchev–Trinajstić information content (AvgIpc) is 2.95. The topological polar surface area (TPSA) is 91.7 Å². The third-order valence-electron chi connectivity index (χ3n) is 6.73. The quantitative estimate of drug-likeness (QED) is 0.458. The molecule has 2 fully saturated rings. The second-order valence-corrected chi connectivity index (χ2v) is 11.2. The summed E-state index contributed by atoms with van der Waals surface area (Å²) in [6, 6.07) is 7.61. The Hall–Kier alpha value is -1.73. The molecule has 2 saturated carbocycles. The fourth-order valence-electron chi connectivity index (χ4n) is 4.57. The van der Waals surface area contributed by atoms with Crippen LogP contribution in [0.3, 0.4) is 0 Å². The predicted molar refractivity (Wildman–Crippen MR) is 117 cm³/mol. The van der Waals surface area contributed by atoms with Gasteiger partial charge in [0.25, 0.3) is 0 Å². The van der Waals surface area contributed by atoms with Crippen molar-refractivity contribution in [2.24, 2.45) is 16.7 Å². The summed E-state index contributed by atoms with van der Waals surface area (Å²) in [5.41, 5.74) is 2.44. The van der Waals surface area contributed by atoms with Gasteiger partial charge < -0.3 is 10.2 Å². The molecule has 156 valence electrons. The number of Topliss-reactive ketones (excluding diaryl/α,β-unsaturated/α-hetero) is 1. The highest BCUT2D eigenvalue weighted by Gasteiger charge is 2.63. The normalized spacial score (nSPS) is 27.3. The molecule has 0 saturated heterocycles. The molecule has 1 aromatic rings. The van der Waals surface area contributed by atoms with Gasteiger partial charge in [-0.15, -0.1) is 0 Å². The zero-order chi connectivity index (χ0) is 21.4. The van der Waals surface area contributed by atoms with Crippen LogP contribution in [0.25, 0.3) is 6.08 Å². The summed E-state index contributed by atoms with van der Waals surface area (Å²) < 4.78 is 0. The van der Waals surface area contributed by atoms with E-state index in [1.54, 1.807) is 0 Å². The third kappa shape index (κ3) is 4.12. The van der Waals surface area contributed by atoms with Crippen molar-refractivity contribution in [3.8, 4) is 0 Å². The van der Waals surface area contributed by atoms with Crippen molar-refractivity contribution in [3.05, 3.63) is 41.0 Å². The first-order valence-electron chi connectivity index (χ1n) is 9.64. The molecule has 0 amide bonds. The zero-order valence-electron chi connectivity index (χ0n) is 16.8. The summed E-state index contributed by atoms with van der Waals surface area (Å²) in [4.78, 5) is 35.0. The maximum atomic E-state index is 13.0. The number of fused-ring (bicyclic) bond motifs is 2. The number of benzene rings is 1. The lowest BCUT2D eigenvalue weighted by molar-refractivity contribution is -0.136. The van der Waals surface area contributed by atoms with E-state index in [2.05, 4.69) is 20.8 Å². The van der Waals surface area contributed by atoms with Crippen LogP contribution in [-0.2, 0) is 20.8 Å². The Morgan fingerprint density at radius 3 is 2.38 bits per heavy atom. The van der Waals surface area contributed by atoms with Crippen LogP contribution in [0.5, 0.6) is 0 Å². The van der Waals surface area contributed by atoms with E-state index in [0.717, 1.165) is 51.1 Å². The minimum atomic E-state index is -0.962. The van der Waals surface area contributed by atoms with Crippen LogP contribution in [0, 0.1) is 16.7 Å². The fourth-order valence-corrected chi connectivity index (χ4v) is 6.69. The highest BCUT2D eigenvalue weighted by atomic mass is 33.1. The Bertz CT molecular complexity index is 858. The molecule has 5 nitrogen and oxygen atoms in total. The molecule has 0 spiro atoms. The number of hydrogen-bond donors (Lipinski definition) is 2. The molecule has 2 bridgehead atoms. The third-order valence-corrected chi connectivity index (χ3v) is 9.29. The first kappa shape index (κ1) is 22.0. The molecule has 3 unspecified atom stereocenters. The van der Waals surface area contributed by atoms with Crippen molar-refractivity contribution < 1.29 is 24.6 Å². The Balaban J connectivity index is 1.71. The first-order chi connectivity index (χ1) is 13.6. The molecule has 7 heteroatoms. The largest absolute Gasteiger partial charge is 0.481 e. The molecule has 3 rings (SSSR count). The number of carboxylic acids is 2. The van der Waals surface area contributed by atoms with Gasteiger partial charge in [-0.3, -0.25) is 14.4 Å².